The Balaban J connectivity index is 1.88. The van der Waals surface area contributed by atoms with E-state index in [4.69, 9.17) is 0 Å². The van der Waals surface area contributed by atoms with Crippen LogP contribution >= 0.6 is 0 Å². The first-order chi connectivity index (χ1) is 9.04. The van der Waals surface area contributed by atoms with Crippen LogP contribution < -0.4 is 5.32 Å². The highest BCUT2D eigenvalue weighted by Gasteiger charge is 2.25. The highest BCUT2D eigenvalue weighted by molar-refractivity contribution is 5.14. The summed E-state index contributed by atoms with van der Waals surface area (Å²) in [5.41, 5.74) is 2.45. The molecule has 2 heterocycles. The molecule has 2 atom stereocenters. The number of hydrogen-bond donors (Lipinski definition) is 1. The molecular formula is C16H27N3. The monoisotopic (exact) mass is 261 g/mol. The summed E-state index contributed by atoms with van der Waals surface area (Å²) in [6.45, 7) is 12.1. The van der Waals surface area contributed by atoms with Crippen LogP contribution in [-0.2, 0) is 13.1 Å². The van der Waals surface area contributed by atoms with E-state index in [1.54, 1.807) is 0 Å². The van der Waals surface area contributed by atoms with Gasteiger partial charge in [0.15, 0.2) is 0 Å². The number of hydrogen-bond acceptors (Lipinski definition) is 3. The summed E-state index contributed by atoms with van der Waals surface area (Å²) < 4.78 is 0. The van der Waals surface area contributed by atoms with Crippen molar-refractivity contribution >= 4 is 0 Å². The van der Waals surface area contributed by atoms with Crippen LogP contribution in [0.15, 0.2) is 18.3 Å². The molecular weight excluding hydrogens is 234 g/mol. The molecule has 0 radical (unpaired) electrons. The number of likely N-dealkylation sites (tertiary alicyclic amines) is 1. The maximum atomic E-state index is 4.60. The molecule has 106 valence electrons. The van der Waals surface area contributed by atoms with Crippen LogP contribution in [0.5, 0.6) is 0 Å². The van der Waals surface area contributed by atoms with Gasteiger partial charge in [0.2, 0.25) is 0 Å². The Labute approximate surface area is 117 Å². The molecule has 1 aromatic rings. The van der Waals surface area contributed by atoms with Gasteiger partial charge in [0.05, 0.1) is 5.69 Å². The van der Waals surface area contributed by atoms with Gasteiger partial charge in [-0.15, -0.1) is 0 Å². The highest BCUT2D eigenvalue weighted by atomic mass is 15.2. The normalized spacial score (nSPS) is 24.3. The van der Waals surface area contributed by atoms with Crippen molar-refractivity contribution in [1.29, 1.82) is 0 Å². The zero-order valence-electron chi connectivity index (χ0n) is 12.7. The fraction of sp³-hybridized carbons (Fsp3) is 0.688. The van der Waals surface area contributed by atoms with E-state index in [0.29, 0.717) is 12.1 Å². The smallest absolute Gasteiger partial charge is 0.0544 e. The Morgan fingerprint density at radius 3 is 2.68 bits per heavy atom. The van der Waals surface area contributed by atoms with E-state index in [1.807, 2.05) is 6.20 Å². The lowest BCUT2D eigenvalue weighted by molar-refractivity contribution is 0.253. The molecule has 1 aliphatic rings. The lowest BCUT2D eigenvalue weighted by atomic mass is 10.1. The number of nitrogens with zero attached hydrogens (tertiary/aromatic N) is 2. The molecule has 3 nitrogen and oxygen atoms in total. The second-order valence-corrected chi connectivity index (χ2v) is 6.31. The van der Waals surface area contributed by atoms with Gasteiger partial charge < -0.3 is 5.32 Å². The van der Waals surface area contributed by atoms with E-state index in [-0.39, 0.29) is 0 Å². The van der Waals surface area contributed by atoms with Gasteiger partial charge in [0, 0.05) is 37.9 Å². The molecule has 1 fully saturated rings. The van der Waals surface area contributed by atoms with Crippen molar-refractivity contribution in [3.8, 4) is 0 Å². The van der Waals surface area contributed by atoms with E-state index in [0.717, 1.165) is 19.0 Å². The van der Waals surface area contributed by atoms with Crippen LogP contribution in [0.2, 0.25) is 0 Å². The summed E-state index contributed by atoms with van der Waals surface area (Å²) in [6, 6.07) is 5.58. The molecule has 1 N–H and O–H groups in total. The molecule has 1 aromatic heterocycles. The third-order valence-electron chi connectivity index (χ3n) is 3.88. The van der Waals surface area contributed by atoms with E-state index in [2.05, 4.69) is 55.0 Å². The molecule has 0 aromatic carbocycles. The predicted octanol–water partition coefficient (Wildman–Crippen LogP) is 2.81. The molecule has 1 saturated heterocycles. The number of aromatic nitrogens is 1. The maximum Gasteiger partial charge on any atom is 0.0544 e. The van der Waals surface area contributed by atoms with Crippen LogP contribution in [0.4, 0.5) is 0 Å². The molecule has 0 spiro atoms. The fourth-order valence-corrected chi connectivity index (χ4v) is 2.79. The lowest BCUT2D eigenvalue weighted by Crippen LogP contribution is -2.27. The fourth-order valence-electron chi connectivity index (χ4n) is 2.79. The predicted molar refractivity (Wildman–Crippen MR) is 79.9 cm³/mol. The standard InChI is InChI=1S/C16H27N3/c1-12(2)17-8-15-5-6-16(18-9-15)11-19-10-13(3)7-14(19)4/h5-6,9,12-14,17H,7-8,10-11H2,1-4H3. The Morgan fingerprint density at radius 2 is 2.16 bits per heavy atom. The summed E-state index contributed by atoms with van der Waals surface area (Å²) in [6.07, 6.45) is 3.32. The number of rotatable bonds is 5. The average molecular weight is 261 g/mol. The van der Waals surface area contributed by atoms with Crippen molar-refractivity contribution < 1.29 is 0 Å². The third-order valence-corrected chi connectivity index (χ3v) is 3.88. The summed E-state index contributed by atoms with van der Waals surface area (Å²) in [5.74, 6) is 0.824. The first kappa shape index (κ1) is 14.5. The molecule has 0 aliphatic carbocycles. The van der Waals surface area contributed by atoms with Gasteiger partial charge >= 0.3 is 0 Å². The largest absolute Gasteiger partial charge is 0.310 e. The van der Waals surface area contributed by atoms with Gasteiger partial charge in [-0.3, -0.25) is 9.88 Å². The topological polar surface area (TPSA) is 28.2 Å². The zero-order chi connectivity index (χ0) is 13.8. The molecule has 0 amide bonds. The van der Waals surface area contributed by atoms with Gasteiger partial charge in [-0.1, -0.05) is 26.8 Å². The van der Waals surface area contributed by atoms with Gasteiger partial charge in [0.25, 0.3) is 0 Å². The van der Waals surface area contributed by atoms with E-state index in [1.165, 1.54) is 24.2 Å². The highest BCUT2D eigenvalue weighted by Crippen LogP contribution is 2.23. The summed E-state index contributed by atoms with van der Waals surface area (Å²) >= 11 is 0. The Hall–Kier alpha value is -0.930. The summed E-state index contributed by atoms with van der Waals surface area (Å²) in [5, 5.41) is 3.42. The minimum Gasteiger partial charge on any atom is -0.310 e. The summed E-state index contributed by atoms with van der Waals surface area (Å²) in [7, 11) is 0. The average Bonchev–Trinajstić information content (AvgIpc) is 2.67. The number of pyridine rings is 1. The van der Waals surface area contributed by atoms with Crippen molar-refractivity contribution in [2.24, 2.45) is 5.92 Å². The minimum absolute atomic E-state index is 0.520. The maximum absolute atomic E-state index is 4.60. The third kappa shape index (κ3) is 4.29. The van der Waals surface area contributed by atoms with E-state index < -0.39 is 0 Å². The van der Waals surface area contributed by atoms with E-state index in [9.17, 15) is 0 Å². The molecule has 1 aliphatic heterocycles. The van der Waals surface area contributed by atoms with Crippen molar-refractivity contribution in [2.45, 2.75) is 59.3 Å². The SMILES string of the molecule is CC1CC(C)N(Cc2ccc(CNC(C)C)cn2)C1. The van der Waals surface area contributed by atoms with Crippen molar-refractivity contribution in [2.75, 3.05) is 6.54 Å². The van der Waals surface area contributed by atoms with Crippen molar-refractivity contribution in [3.63, 3.8) is 0 Å². The number of nitrogens with one attached hydrogen (secondary N) is 1. The Bertz CT molecular complexity index is 385. The van der Waals surface area contributed by atoms with Gasteiger partial charge in [0.1, 0.15) is 0 Å². The van der Waals surface area contributed by atoms with Crippen LogP contribution in [0, 0.1) is 5.92 Å². The Kier molecular flexibility index (Phi) is 4.94. The quantitative estimate of drug-likeness (QED) is 0.883. The Morgan fingerprint density at radius 1 is 1.37 bits per heavy atom. The van der Waals surface area contributed by atoms with E-state index >= 15 is 0 Å². The summed E-state index contributed by atoms with van der Waals surface area (Å²) in [4.78, 5) is 7.14. The van der Waals surface area contributed by atoms with Gasteiger partial charge in [-0.25, -0.2) is 0 Å². The first-order valence-corrected chi connectivity index (χ1v) is 7.46. The lowest BCUT2D eigenvalue weighted by Gasteiger charge is -2.20. The molecule has 2 rings (SSSR count). The van der Waals surface area contributed by atoms with Crippen molar-refractivity contribution in [3.05, 3.63) is 29.6 Å². The van der Waals surface area contributed by atoms with Crippen LogP contribution in [0.3, 0.4) is 0 Å². The van der Waals surface area contributed by atoms with Gasteiger partial charge in [-0.05, 0) is 30.9 Å². The molecule has 0 bridgehead atoms. The molecule has 3 heteroatoms. The molecule has 0 saturated carbocycles. The second kappa shape index (κ2) is 6.49. The van der Waals surface area contributed by atoms with Crippen LogP contribution in [0.1, 0.15) is 45.4 Å². The molecule has 19 heavy (non-hydrogen) atoms. The minimum atomic E-state index is 0.520. The zero-order valence-corrected chi connectivity index (χ0v) is 12.7. The van der Waals surface area contributed by atoms with Crippen LogP contribution in [-0.4, -0.2) is 28.5 Å². The second-order valence-electron chi connectivity index (χ2n) is 6.31. The van der Waals surface area contributed by atoms with Gasteiger partial charge in [-0.2, -0.15) is 0 Å². The molecule has 2 unspecified atom stereocenters. The van der Waals surface area contributed by atoms with Crippen molar-refractivity contribution in [1.82, 2.24) is 15.2 Å². The first-order valence-electron chi connectivity index (χ1n) is 7.46. The van der Waals surface area contributed by atoms with Crippen LogP contribution in [0.25, 0.3) is 0 Å².